The first-order valence-corrected chi connectivity index (χ1v) is 9.23. The molecule has 1 aliphatic heterocycles. The summed E-state index contributed by atoms with van der Waals surface area (Å²) in [5.41, 5.74) is 1.13. The highest BCUT2D eigenvalue weighted by atomic mass is 32.2. The lowest BCUT2D eigenvalue weighted by Crippen LogP contribution is -2.31. The standard InChI is InChI=1S/C18H20F3N3OS/c1-11-8-16(26-13-4-3-7-22-10-13)23-24-17(11)14-6-5-12(18(19,20)21)9-15(14)25-2/h5-6,8-9,13,22H,3-4,7,10H2,1-2H3/t13-/m1/s1. The van der Waals surface area contributed by atoms with Crippen molar-refractivity contribution in [2.75, 3.05) is 20.2 Å². The second kappa shape index (κ2) is 7.84. The Bertz CT molecular complexity index is 777. The number of ether oxygens (including phenoxy) is 1. The summed E-state index contributed by atoms with van der Waals surface area (Å²) in [6.07, 6.45) is -2.14. The molecule has 1 aromatic carbocycles. The molecule has 1 aliphatic rings. The van der Waals surface area contributed by atoms with Crippen LogP contribution in [0.15, 0.2) is 29.3 Å². The molecule has 26 heavy (non-hydrogen) atoms. The number of benzene rings is 1. The average molecular weight is 383 g/mol. The highest BCUT2D eigenvalue weighted by molar-refractivity contribution is 7.99. The van der Waals surface area contributed by atoms with Crippen molar-refractivity contribution in [3.8, 4) is 17.0 Å². The van der Waals surface area contributed by atoms with E-state index in [0.717, 1.165) is 48.7 Å². The molecule has 1 N–H and O–H groups in total. The number of aryl methyl sites for hydroxylation is 1. The molecule has 0 radical (unpaired) electrons. The Morgan fingerprint density at radius 1 is 1.23 bits per heavy atom. The highest BCUT2D eigenvalue weighted by Gasteiger charge is 2.31. The van der Waals surface area contributed by atoms with Gasteiger partial charge in [-0.2, -0.15) is 13.2 Å². The Labute approximate surface area is 154 Å². The van der Waals surface area contributed by atoms with Crippen molar-refractivity contribution < 1.29 is 17.9 Å². The number of rotatable bonds is 4. The topological polar surface area (TPSA) is 47.0 Å². The molecule has 1 atom stereocenters. The maximum Gasteiger partial charge on any atom is 0.416 e. The molecule has 0 spiro atoms. The molecule has 1 aromatic heterocycles. The van der Waals surface area contributed by atoms with Gasteiger partial charge in [0.2, 0.25) is 0 Å². The fourth-order valence-electron chi connectivity index (χ4n) is 2.94. The van der Waals surface area contributed by atoms with Crippen molar-refractivity contribution in [1.82, 2.24) is 15.5 Å². The van der Waals surface area contributed by atoms with Crippen LogP contribution in [0.3, 0.4) is 0 Å². The number of thioether (sulfide) groups is 1. The first-order valence-electron chi connectivity index (χ1n) is 8.36. The molecule has 2 heterocycles. The maximum atomic E-state index is 12.9. The summed E-state index contributed by atoms with van der Waals surface area (Å²) in [5, 5.41) is 13.2. The Morgan fingerprint density at radius 3 is 2.65 bits per heavy atom. The molecule has 3 rings (SSSR count). The summed E-state index contributed by atoms with van der Waals surface area (Å²) in [7, 11) is 1.35. The largest absolute Gasteiger partial charge is 0.496 e. The van der Waals surface area contributed by atoms with Gasteiger partial charge in [-0.3, -0.25) is 0 Å². The minimum absolute atomic E-state index is 0.133. The van der Waals surface area contributed by atoms with Gasteiger partial charge in [0.1, 0.15) is 10.8 Å². The molecule has 0 unspecified atom stereocenters. The van der Waals surface area contributed by atoms with Crippen molar-refractivity contribution in [2.24, 2.45) is 0 Å². The van der Waals surface area contributed by atoms with Gasteiger partial charge in [0, 0.05) is 17.4 Å². The van der Waals surface area contributed by atoms with Crippen LogP contribution in [0.5, 0.6) is 5.75 Å². The number of aromatic nitrogens is 2. The van der Waals surface area contributed by atoms with Gasteiger partial charge in [-0.05, 0) is 56.1 Å². The van der Waals surface area contributed by atoms with Crippen LogP contribution < -0.4 is 10.1 Å². The predicted octanol–water partition coefficient (Wildman–Crippen LogP) is 4.32. The monoisotopic (exact) mass is 383 g/mol. The number of hydrogen-bond donors (Lipinski definition) is 1. The summed E-state index contributed by atoms with van der Waals surface area (Å²) in [5.74, 6) is 0.133. The molecule has 0 saturated carbocycles. The Hall–Kier alpha value is -1.80. The van der Waals surface area contributed by atoms with Gasteiger partial charge in [-0.15, -0.1) is 10.2 Å². The van der Waals surface area contributed by atoms with E-state index >= 15 is 0 Å². The summed E-state index contributed by atoms with van der Waals surface area (Å²) in [6, 6.07) is 5.34. The number of methoxy groups -OCH3 is 1. The summed E-state index contributed by atoms with van der Waals surface area (Å²) >= 11 is 1.68. The van der Waals surface area contributed by atoms with Gasteiger partial charge in [-0.1, -0.05) is 11.8 Å². The number of piperidine rings is 1. The molecule has 0 aliphatic carbocycles. The smallest absolute Gasteiger partial charge is 0.416 e. The van der Waals surface area contributed by atoms with Crippen molar-refractivity contribution in [3.05, 3.63) is 35.4 Å². The lowest BCUT2D eigenvalue weighted by molar-refractivity contribution is -0.137. The Morgan fingerprint density at radius 2 is 2.04 bits per heavy atom. The van der Waals surface area contributed by atoms with Gasteiger partial charge in [0.15, 0.2) is 0 Å². The van der Waals surface area contributed by atoms with Crippen LogP contribution in [0.2, 0.25) is 0 Å². The number of nitrogens with zero attached hydrogens (tertiary/aromatic N) is 2. The van der Waals surface area contributed by atoms with E-state index in [9.17, 15) is 13.2 Å². The van der Waals surface area contributed by atoms with Crippen LogP contribution in [0.4, 0.5) is 13.2 Å². The lowest BCUT2D eigenvalue weighted by Gasteiger charge is -2.21. The van der Waals surface area contributed by atoms with Gasteiger partial charge in [0.25, 0.3) is 0 Å². The van der Waals surface area contributed by atoms with Crippen molar-refractivity contribution in [2.45, 2.75) is 36.2 Å². The van der Waals surface area contributed by atoms with E-state index < -0.39 is 11.7 Å². The molecule has 140 valence electrons. The van der Waals surface area contributed by atoms with E-state index in [4.69, 9.17) is 4.74 Å². The Balaban J connectivity index is 1.87. The van der Waals surface area contributed by atoms with Crippen molar-refractivity contribution >= 4 is 11.8 Å². The third-order valence-electron chi connectivity index (χ3n) is 4.29. The molecular weight excluding hydrogens is 363 g/mol. The molecule has 1 saturated heterocycles. The molecule has 8 heteroatoms. The van der Waals surface area contributed by atoms with Crippen molar-refractivity contribution in [1.29, 1.82) is 0 Å². The zero-order chi connectivity index (χ0) is 18.7. The fourth-order valence-corrected chi connectivity index (χ4v) is 4.10. The van der Waals surface area contributed by atoms with Crippen LogP contribution >= 0.6 is 11.8 Å². The lowest BCUT2D eigenvalue weighted by atomic mass is 10.0. The first-order chi connectivity index (χ1) is 12.4. The predicted molar refractivity (Wildman–Crippen MR) is 95.5 cm³/mol. The van der Waals surface area contributed by atoms with Gasteiger partial charge < -0.3 is 10.1 Å². The summed E-state index contributed by atoms with van der Waals surface area (Å²) in [4.78, 5) is 0. The third-order valence-corrected chi connectivity index (χ3v) is 5.46. The number of hydrogen-bond acceptors (Lipinski definition) is 5. The normalized spacial score (nSPS) is 18.0. The minimum atomic E-state index is -4.42. The van der Waals surface area contributed by atoms with Gasteiger partial charge >= 0.3 is 6.18 Å². The van der Waals surface area contributed by atoms with Crippen LogP contribution in [0.25, 0.3) is 11.3 Å². The average Bonchev–Trinajstić information content (AvgIpc) is 2.61. The third kappa shape index (κ3) is 4.29. The molecule has 0 bridgehead atoms. The molecule has 1 fully saturated rings. The first kappa shape index (κ1) is 19.0. The second-order valence-corrected chi connectivity index (χ2v) is 7.53. The van der Waals surface area contributed by atoms with E-state index in [1.165, 1.54) is 13.2 Å². The van der Waals surface area contributed by atoms with Gasteiger partial charge in [0.05, 0.1) is 18.4 Å². The second-order valence-electron chi connectivity index (χ2n) is 6.21. The van der Waals surface area contributed by atoms with E-state index in [2.05, 4.69) is 15.5 Å². The van der Waals surface area contributed by atoms with Crippen molar-refractivity contribution in [3.63, 3.8) is 0 Å². The molecule has 0 amide bonds. The maximum absolute atomic E-state index is 12.9. The Kier molecular flexibility index (Phi) is 5.72. The van der Waals surface area contributed by atoms with Crippen LogP contribution in [0, 0.1) is 6.92 Å². The van der Waals surface area contributed by atoms with Gasteiger partial charge in [-0.25, -0.2) is 0 Å². The van der Waals surface area contributed by atoms with E-state index in [1.807, 2.05) is 13.0 Å². The zero-order valence-corrected chi connectivity index (χ0v) is 15.4. The molecule has 2 aromatic rings. The van der Waals surface area contributed by atoms with Crippen LogP contribution in [-0.2, 0) is 6.18 Å². The number of alkyl halides is 3. The fraction of sp³-hybridized carbons (Fsp3) is 0.444. The number of halogens is 3. The van der Waals surface area contributed by atoms with E-state index in [-0.39, 0.29) is 5.75 Å². The zero-order valence-electron chi connectivity index (χ0n) is 14.6. The highest BCUT2D eigenvalue weighted by Crippen LogP contribution is 2.37. The minimum Gasteiger partial charge on any atom is -0.496 e. The molecular formula is C18H20F3N3OS. The summed E-state index contributed by atoms with van der Waals surface area (Å²) in [6.45, 7) is 3.87. The van der Waals surface area contributed by atoms with E-state index in [1.54, 1.807) is 11.8 Å². The SMILES string of the molecule is COc1cc(C(F)(F)F)ccc1-c1nnc(S[C@@H]2CCCNC2)cc1C. The quantitative estimate of drug-likeness (QED) is 0.852. The molecule has 4 nitrogen and oxygen atoms in total. The number of nitrogens with one attached hydrogen (secondary N) is 1. The summed E-state index contributed by atoms with van der Waals surface area (Å²) < 4.78 is 43.9. The van der Waals surface area contributed by atoms with Crippen LogP contribution in [-0.4, -0.2) is 35.6 Å². The van der Waals surface area contributed by atoms with E-state index in [0.29, 0.717) is 16.5 Å². The van der Waals surface area contributed by atoms with Crippen LogP contribution in [0.1, 0.15) is 24.0 Å².